The van der Waals surface area contributed by atoms with E-state index >= 15 is 0 Å². The van der Waals surface area contributed by atoms with E-state index in [4.69, 9.17) is 0 Å². The number of hydrogen-bond donors (Lipinski definition) is 1. The van der Waals surface area contributed by atoms with E-state index in [1.807, 2.05) is 72.2 Å². The predicted molar refractivity (Wildman–Crippen MR) is 163 cm³/mol. The third-order valence-electron chi connectivity index (χ3n) is 8.19. The molecule has 0 bridgehead atoms. The summed E-state index contributed by atoms with van der Waals surface area (Å²) < 4.78 is 0. The molecule has 41 heavy (non-hydrogen) atoms. The van der Waals surface area contributed by atoms with Gasteiger partial charge >= 0.3 is 0 Å². The summed E-state index contributed by atoms with van der Waals surface area (Å²) in [5, 5.41) is 3.53. The Kier molecular flexibility index (Phi) is 7.57. The number of nitrogens with one attached hydrogen (secondary N) is 1. The van der Waals surface area contributed by atoms with E-state index in [0.29, 0.717) is 18.7 Å². The molecule has 0 saturated carbocycles. The Hall–Kier alpha value is -4.42. The molecular formula is C35H36N4O2. The van der Waals surface area contributed by atoms with E-state index in [1.54, 1.807) is 0 Å². The van der Waals surface area contributed by atoms with Crippen molar-refractivity contribution in [3.05, 3.63) is 137 Å². The molecule has 0 aliphatic carbocycles. The quantitative estimate of drug-likeness (QED) is 0.301. The van der Waals surface area contributed by atoms with Crippen LogP contribution in [0.15, 0.2) is 109 Å². The Bertz CT molecular complexity index is 1460. The van der Waals surface area contributed by atoms with Crippen molar-refractivity contribution in [2.24, 2.45) is 0 Å². The Balaban J connectivity index is 1.12. The highest BCUT2D eigenvalue weighted by molar-refractivity contribution is 5.99. The lowest BCUT2D eigenvalue weighted by Crippen LogP contribution is -2.49. The largest absolute Gasteiger partial charge is 0.361 e. The van der Waals surface area contributed by atoms with Crippen molar-refractivity contribution >= 4 is 17.5 Å². The predicted octanol–water partition coefficient (Wildman–Crippen LogP) is 6.21. The topological polar surface area (TPSA) is 55.9 Å². The van der Waals surface area contributed by atoms with Gasteiger partial charge in [0.15, 0.2) is 0 Å². The first-order valence-electron chi connectivity index (χ1n) is 14.4. The van der Waals surface area contributed by atoms with Crippen LogP contribution >= 0.6 is 0 Å². The fraction of sp³-hybridized carbons (Fsp3) is 0.257. The van der Waals surface area contributed by atoms with Gasteiger partial charge in [-0.25, -0.2) is 0 Å². The minimum absolute atomic E-state index is 0.0424. The monoisotopic (exact) mass is 544 g/mol. The van der Waals surface area contributed by atoms with Crippen LogP contribution in [0.4, 0.5) is 5.69 Å². The summed E-state index contributed by atoms with van der Waals surface area (Å²) in [6.45, 7) is 7.03. The minimum atomic E-state index is -0.240. The van der Waals surface area contributed by atoms with Crippen molar-refractivity contribution in [1.82, 2.24) is 14.7 Å². The highest BCUT2D eigenvalue weighted by Gasteiger charge is 2.38. The summed E-state index contributed by atoms with van der Waals surface area (Å²) in [6, 6.07) is 36.8. The molecule has 6 rings (SSSR count). The molecule has 1 unspecified atom stereocenters. The van der Waals surface area contributed by atoms with E-state index in [1.165, 1.54) is 11.1 Å². The van der Waals surface area contributed by atoms with Crippen LogP contribution in [0.3, 0.4) is 0 Å². The fourth-order valence-electron chi connectivity index (χ4n) is 6.13. The van der Waals surface area contributed by atoms with Crippen LogP contribution in [0.2, 0.25) is 0 Å². The van der Waals surface area contributed by atoms with Crippen molar-refractivity contribution in [1.29, 1.82) is 0 Å². The van der Waals surface area contributed by atoms with E-state index in [-0.39, 0.29) is 30.1 Å². The number of hydrogen-bond acceptors (Lipinski definition) is 4. The van der Waals surface area contributed by atoms with Gasteiger partial charge in [0.1, 0.15) is 6.17 Å². The first kappa shape index (κ1) is 26.8. The second-order valence-electron chi connectivity index (χ2n) is 11.1. The highest BCUT2D eigenvalue weighted by atomic mass is 16.2. The molecule has 2 aliphatic rings. The van der Waals surface area contributed by atoms with E-state index < -0.39 is 0 Å². The molecule has 4 aromatic rings. The minimum Gasteiger partial charge on any atom is -0.361 e. The molecular weight excluding hydrogens is 508 g/mol. The average Bonchev–Trinajstić information content (AvgIpc) is 3.30. The van der Waals surface area contributed by atoms with Gasteiger partial charge in [0.25, 0.3) is 11.8 Å². The van der Waals surface area contributed by atoms with Crippen LogP contribution in [0.5, 0.6) is 0 Å². The zero-order valence-electron chi connectivity index (χ0n) is 23.6. The summed E-state index contributed by atoms with van der Waals surface area (Å²) in [5.74, 6) is 0.0955. The normalized spacial score (nSPS) is 17.3. The average molecular weight is 545 g/mol. The number of anilines is 1. The second kappa shape index (κ2) is 11.6. The summed E-state index contributed by atoms with van der Waals surface area (Å²) in [5.41, 5.74) is 5.81. The number of rotatable bonds is 7. The molecule has 1 N–H and O–H groups in total. The van der Waals surface area contributed by atoms with Crippen LogP contribution in [0, 0.1) is 0 Å². The molecule has 2 aliphatic heterocycles. The maximum Gasteiger partial charge on any atom is 0.256 e. The molecule has 208 valence electrons. The van der Waals surface area contributed by atoms with Crippen LogP contribution in [-0.4, -0.2) is 58.7 Å². The summed E-state index contributed by atoms with van der Waals surface area (Å²) >= 11 is 0. The first-order valence-corrected chi connectivity index (χ1v) is 14.4. The molecule has 0 spiro atoms. The van der Waals surface area contributed by atoms with E-state index in [2.05, 4.69) is 70.9 Å². The molecule has 6 nitrogen and oxygen atoms in total. The highest BCUT2D eigenvalue weighted by Crippen LogP contribution is 2.36. The molecule has 2 amide bonds. The van der Waals surface area contributed by atoms with E-state index in [0.717, 1.165) is 29.9 Å². The molecule has 0 radical (unpaired) electrons. The molecule has 1 saturated heterocycles. The standard InChI is InChI=1S/C35H36N4O2/c1-25(2)39-33(30-15-9-10-16-31(30)35(39)41)36-29-19-17-28(18-20-29)34(40)38-23-21-37(22-24-38)32(26-11-5-3-6-12-26)27-13-7-4-8-14-27/h3-20,25,32-33,36H,21-24H2,1-2H3. The number of fused-ring (bicyclic) bond motifs is 1. The molecule has 2 heterocycles. The van der Waals surface area contributed by atoms with Crippen molar-refractivity contribution < 1.29 is 9.59 Å². The lowest BCUT2D eigenvalue weighted by molar-refractivity contribution is 0.0597. The Morgan fingerprint density at radius 2 is 1.29 bits per heavy atom. The molecule has 4 aromatic carbocycles. The fourth-order valence-corrected chi connectivity index (χ4v) is 6.13. The van der Waals surface area contributed by atoms with Gasteiger partial charge in [0.2, 0.25) is 0 Å². The third-order valence-corrected chi connectivity index (χ3v) is 8.19. The lowest BCUT2D eigenvalue weighted by atomic mass is 9.96. The SMILES string of the molecule is CC(C)N1C(=O)c2ccccc2C1Nc1ccc(C(=O)N2CCN(C(c3ccccc3)c3ccccc3)CC2)cc1. The maximum atomic E-state index is 13.5. The molecule has 1 fully saturated rings. The van der Waals surface area contributed by atoms with E-state index in [9.17, 15) is 9.59 Å². The van der Waals surface area contributed by atoms with Gasteiger partial charge in [-0.1, -0.05) is 78.9 Å². The Morgan fingerprint density at radius 1 is 0.732 bits per heavy atom. The Morgan fingerprint density at radius 3 is 1.88 bits per heavy atom. The van der Waals surface area contributed by atoms with Crippen molar-refractivity contribution in [3.8, 4) is 0 Å². The van der Waals surface area contributed by atoms with Crippen LogP contribution < -0.4 is 5.32 Å². The van der Waals surface area contributed by atoms with Crippen molar-refractivity contribution in [2.75, 3.05) is 31.5 Å². The van der Waals surface area contributed by atoms with Crippen molar-refractivity contribution in [3.63, 3.8) is 0 Å². The number of carbonyl (C=O) groups is 2. The molecule has 6 heteroatoms. The van der Waals surface area contributed by atoms with Gasteiger partial charge in [0.05, 0.1) is 6.04 Å². The van der Waals surface area contributed by atoms with Crippen LogP contribution in [0.1, 0.15) is 63.5 Å². The number of nitrogens with zero attached hydrogens (tertiary/aromatic N) is 3. The summed E-state index contributed by atoms with van der Waals surface area (Å²) in [4.78, 5) is 32.8. The zero-order valence-corrected chi connectivity index (χ0v) is 23.6. The van der Waals surface area contributed by atoms with Crippen LogP contribution in [0.25, 0.3) is 0 Å². The van der Waals surface area contributed by atoms with Gasteiger partial charge in [-0.3, -0.25) is 14.5 Å². The second-order valence-corrected chi connectivity index (χ2v) is 11.1. The first-order chi connectivity index (χ1) is 20.0. The van der Waals surface area contributed by atoms with Crippen molar-refractivity contribution in [2.45, 2.75) is 32.1 Å². The van der Waals surface area contributed by atoms with Gasteiger partial charge in [-0.15, -0.1) is 0 Å². The summed E-state index contributed by atoms with van der Waals surface area (Å²) in [6.07, 6.45) is -0.240. The zero-order chi connectivity index (χ0) is 28.3. The molecule has 0 aromatic heterocycles. The number of carbonyl (C=O) groups excluding carboxylic acids is 2. The van der Waals surface area contributed by atoms with Gasteiger partial charge in [-0.2, -0.15) is 0 Å². The smallest absolute Gasteiger partial charge is 0.256 e. The number of piperazine rings is 1. The van der Waals surface area contributed by atoms with Gasteiger partial charge in [0, 0.05) is 54.6 Å². The lowest BCUT2D eigenvalue weighted by Gasteiger charge is -2.39. The number of benzene rings is 4. The maximum absolute atomic E-state index is 13.5. The number of amides is 2. The van der Waals surface area contributed by atoms with Crippen LogP contribution in [-0.2, 0) is 0 Å². The van der Waals surface area contributed by atoms with Gasteiger partial charge in [-0.05, 0) is 55.3 Å². The van der Waals surface area contributed by atoms with Gasteiger partial charge < -0.3 is 15.1 Å². The molecule has 1 atom stereocenters. The third kappa shape index (κ3) is 5.35. The summed E-state index contributed by atoms with van der Waals surface area (Å²) in [7, 11) is 0. The Labute approximate surface area is 242 Å².